The van der Waals surface area contributed by atoms with Gasteiger partial charge in [-0.15, -0.1) is 0 Å². The molecule has 0 spiro atoms. The summed E-state index contributed by atoms with van der Waals surface area (Å²) in [6.07, 6.45) is 23.3. The number of rotatable bonds is 11. The number of allylic oxidation sites excluding steroid dienone is 8. The third kappa shape index (κ3) is 12.0. The maximum Gasteiger partial charge on any atom is 4.00 e. The molecule has 0 aromatic heterocycles. The summed E-state index contributed by atoms with van der Waals surface area (Å²) in [5, 5.41) is 0. The summed E-state index contributed by atoms with van der Waals surface area (Å²) in [6, 6.07) is 10.4. The van der Waals surface area contributed by atoms with E-state index in [-0.39, 0.29) is 53.5 Å². The summed E-state index contributed by atoms with van der Waals surface area (Å²) >= 11 is 0. The Hall–Kier alpha value is 0.264. The van der Waals surface area contributed by atoms with Crippen LogP contribution >= 0.6 is 0 Å². The molecule has 0 aromatic carbocycles. The summed E-state index contributed by atoms with van der Waals surface area (Å²) < 4.78 is 0. The maximum absolute atomic E-state index is 5.00. The molecule has 2 saturated carbocycles. The molecule has 4 aliphatic rings. The van der Waals surface area contributed by atoms with Gasteiger partial charge in [-0.2, -0.15) is 5.41 Å². The van der Waals surface area contributed by atoms with E-state index in [1.165, 1.54) is 85.9 Å². The van der Waals surface area contributed by atoms with Crippen molar-refractivity contribution in [2.45, 2.75) is 150 Å². The van der Waals surface area contributed by atoms with Gasteiger partial charge in [0.15, 0.2) is 0 Å². The Morgan fingerprint density at radius 3 is 1.73 bits per heavy atom. The second kappa shape index (κ2) is 20.1. The van der Waals surface area contributed by atoms with Gasteiger partial charge in [0.25, 0.3) is 0 Å². The molecule has 0 N–H and O–H groups in total. The zero-order valence-corrected chi connectivity index (χ0v) is 38.3. The van der Waals surface area contributed by atoms with E-state index in [1.54, 1.807) is 6.04 Å². The van der Waals surface area contributed by atoms with Gasteiger partial charge in [0, 0.05) is 8.07 Å². The summed E-state index contributed by atoms with van der Waals surface area (Å²) in [7, 11) is -2.07. The molecule has 0 radical (unpaired) electrons. The smallest absolute Gasteiger partial charge is 0.358 e. The average Bonchev–Trinajstić information content (AvgIpc) is 3.62. The van der Waals surface area contributed by atoms with Gasteiger partial charge in [-0.1, -0.05) is 184 Å². The van der Waals surface area contributed by atoms with Crippen molar-refractivity contribution in [1.82, 2.24) is 0 Å². The van der Waals surface area contributed by atoms with Gasteiger partial charge in [-0.05, 0) is 48.0 Å². The van der Waals surface area contributed by atoms with Gasteiger partial charge < -0.3 is 29.2 Å². The largest absolute Gasteiger partial charge is 4.00 e. The van der Waals surface area contributed by atoms with Crippen LogP contribution in [0.4, 0.5) is 0 Å². The van der Waals surface area contributed by atoms with Crippen molar-refractivity contribution < 1.29 is 25.8 Å². The number of hydrogen-bond acceptors (Lipinski definition) is 0. The van der Waals surface area contributed by atoms with Gasteiger partial charge in [0.2, 0.25) is 0 Å². The van der Waals surface area contributed by atoms with Crippen LogP contribution in [0.5, 0.6) is 0 Å². The first-order valence-electron chi connectivity index (χ1n) is 17.9. The Labute approximate surface area is 307 Å². The van der Waals surface area contributed by atoms with Crippen LogP contribution in [0.2, 0.25) is 48.9 Å². The normalized spacial score (nSPS) is 25.4. The summed E-state index contributed by atoms with van der Waals surface area (Å²) in [4.78, 5) is 0. The summed E-state index contributed by atoms with van der Waals surface area (Å²) in [5.41, 5.74) is 3.67. The topological polar surface area (TPSA) is 0 Å². The molecular formula is C42H78HfSi2. The van der Waals surface area contributed by atoms with E-state index in [2.05, 4.69) is 105 Å². The van der Waals surface area contributed by atoms with Gasteiger partial charge in [0.1, 0.15) is 0 Å². The zero-order chi connectivity index (χ0) is 30.5. The fraction of sp³-hybridized carbons (Fsp3) is 0.714. The van der Waals surface area contributed by atoms with Crippen molar-refractivity contribution in [3.8, 4) is 0 Å². The molecule has 0 heterocycles. The number of hydrogen-bond donors (Lipinski definition) is 0. The van der Waals surface area contributed by atoms with Crippen LogP contribution in [0.1, 0.15) is 101 Å². The summed E-state index contributed by atoms with van der Waals surface area (Å²) in [5.74, 6) is 3.94. The van der Waals surface area contributed by atoms with Crippen LogP contribution in [-0.2, 0) is 25.8 Å². The van der Waals surface area contributed by atoms with Crippen molar-refractivity contribution in [2.75, 3.05) is 0 Å². The molecule has 4 rings (SSSR count). The van der Waals surface area contributed by atoms with Crippen molar-refractivity contribution in [3.05, 3.63) is 76.8 Å². The Bertz CT molecular complexity index is 943. The fourth-order valence-corrected chi connectivity index (χ4v) is 15.6. The Morgan fingerprint density at radius 2 is 1.27 bits per heavy atom. The molecule has 4 aliphatic carbocycles. The molecule has 0 amide bonds. The summed E-state index contributed by atoms with van der Waals surface area (Å²) in [6.45, 7) is 29.1. The molecule has 0 aromatic rings. The van der Waals surface area contributed by atoms with Crippen LogP contribution < -0.4 is 0 Å². The molecule has 0 nitrogen and oxygen atoms in total. The predicted octanol–water partition coefficient (Wildman–Crippen LogP) is 14.3. The quantitative estimate of drug-likeness (QED) is 0.144. The molecular weight excluding hydrogens is 739 g/mol. The molecule has 45 heavy (non-hydrogen) atoms. The van der Waals surface area contributed by atoms with E-state index in [4.69, 9.17) is 6.92 Å². The van der Waals surface area contributed by atoms with Crippen LogP contribution in [-0.4, -0.2) is 16.1 Å². The van der Waals surface area contributed by atoms with E-state index in [1.807, 2.05) is 0 Å². The molecule has 2 fully saturated rings. The van der Waals surface area contributed by atoms with Crippen molar-refractivity contribution in [2.24, 2.45) is 40.4 Å². The van der Waals surface area contributed by atoms with Crippen LogP contribution in [0, 0.1) is 69.6 Å². The minimum Gasteiger partial charge on any atom is -0.358 e. The molecule has 3 heteroatoms. The van der Waals surface area contributed by atoms with E-state index in [9.17, 15) is 0 Å². The molecule has 0 bridgehead atoms. The van der Waals surface area contributed by atoms with Gasteiger partial charge in [-0.3, -0.25) is 0 Å². The van der Waals surface area contributed by atoms with Crippen molar-refractivity contribution >= 4 is 16.1 Å². The molecule has 5 atom stereocenters. The average molecular weight is 818 g/mol. The van der Waals surface area contributed by atoms with E-state index in [0.717, 1.165) is 29.6 Å². The minimum atomic E-state index is -1.07. The monoisotopic (exact) mass is 819 g/mol. The first-order valence-corrected chi connectivity index (χ1v) is 23.8. The van der Waals surface area contributed by atoms with Gasteiger partial charge >= 0.3 is 25.8 Å². The van der Waals surface area contributed by atoms with E-state index >= 15 is 0 Å². The maximum atomic E-state index is 5.00. The van der Waals surface area contributed by atoms with E-state index in [0.29, 0.717) is 5.41 Å². The van der Waals surface area contributed by atoms with Crippen molar-refractivity contribution in [3.63, 3.8) is 0 Å². The van der Waals surface area contributed by atoms with E-state index < -0.39 is 16.1 Å². The minimum absolute atomic E-state index is 0. The Balaban J connectivity index is 0. The van der Waals surface area contributed by atoms with Gasteiger partial charge in [-0.25, -0.2) is 0 Å². The predicted molar refractivity (Wildman–Crippen MR) is 211 cm³/mol. The molecule has 0 saturated heterocycles. The molecule has 258 valence electrons. The number of fused-ring (bicyclic) bond motifs is 3. The first kappa shape index (κ1) is 47.4. The molecule has 0 aliphatic heterocycles. The third-order valence-corrected chi connectivity index (χ3v) is 23.7. The van der Waals surface area contributed by atoms with Gasteiger partial charge in [0.05, 0.1) is 8.07 Å². The third-order valence-electron chi connectivity index (χ3n) is 12.9. The zero-order valence-electron chi connectivity index (χ0n) is 32.8. The SMILES string of the molecule is CC1=CC2CC3C=C(C(C)(C)C)C=CC3C2C=C1.[CH2-]C(CC[Si](CC)(CC)CC)(C[Si](C)(CC)CC)C1CCCC1.[CH3-].[CH3-].[CH3-].[Hf+4]. The Kier molecular flexibility index (Phi) is 21.1. The standard InChI is InChI=1S/C21H45Si2.C18H24.3CH3.Hf/c1-8-22(7,9-2)19-21(6,20-15-13-14-16-20)17-18-23(10-3,11-4)12-5;1-12-5-7-16-13(9-12)10-14-11-15(18(2,3)4)6-8-17(14)16;;;;/h20H,6,8-19H2,1-5,7H3;5-9,11,13-14,16-17H,10H2,1-4H3;3*1H3;/q-1;;3*-1;+4. The first-order chi connectivity index (χ1) is 19.3. The Morgan fingerprint density at radius 1 is 0.778 bits per heavy atom. The van der Waals surface area contributed by atoms with Crippen LogP contribution in [0.25, 0.3) is 0 Å². The van der Waals surface area contributed by atoms with Crippen LogP contribution in [0.3, 0.4) is 0 Å². The van der Waals surface area contributed by atoms with Crippen LogP contribution in [0.15, 0.2) is 47.6 Å². The fourth-order valence-electron chi connectivity index (χ4n) is 8.88. The molecule has 5 unspecified atom stereocenters. The van der Waals surface area contributed by atoms with Crippen molar-refractivity contribution in [1.29, 1.82) is 0 Å². The second-order valence-corrected chi connectivity index (χ2v) is 27.3. The second-order valence-electron chi connectivity index (χ2n) is 16.3.